The first kappa shape index (κ1) is 14.9. The van der Waals surface area contributed by atoms with Crippen LogP contribution in [0.4, 0.5) is 5.69 Å². The topological polar surface area (TPSA) is 21.3 Å². The minimum Gasteiger partial charge on any atom is -0.496 e. The van der Waals surface area contributed by atoms with Crippen LogP contribution in [0.5, 0.6) is 5.75 Å². The van der Waals surface area contributed by atoms with E-state index in [4.69, 9.17) is 4.74 Å². The van der Waals surface area contributed by atoms with Crippen LogP contribution < -0.4 is 10.1 Å². The van der Waals surface area contributed by atoms with Crippen LogP contribution in [0.2, 0.25) is 0 Å². The molecular formula is C17H20BrNO. The number of anilines is 1. The maximum Gasteiger partial charge on any atom is 0.122 e. The number of hydrogen-bond acceptors (Lipinski definition) is 2. The van der Waals surface area contributed by atoms with Crippen LogP contribution in [-0.2, 0) is 6.42 Å². The molecule has 0 fully saturated rings. The van der Waals surface area contributed by atoms with Crippen molar-refractivity contribution in [3.63, 3.8) is 0 Å². The number of benzene rings is 2. The van der Waals surface area contributed by atoms with Crippen LogP contribution >= 0.6 is 15.9 Å². The van der Waals surface area contributed by atoms with Gasteiger partial charge in [0.25, 0.3) is 0 Å². The van der Waals surface area contributed by atoms with E-state index in [1.54, 1.807) is 7.11 Å². The van der Waals surface area contributed by atoms with Gasteiger partial charge in [0.1, 0.15) is 5.75 Å². The summed E-state index contributed by atoms with van der Waals surface area (Å²) in [5.41, 5.74) is 3.60. The summed E-state index contributed by atoms with van der Waals surface area (Å²) in [6.07, 6.45) is 0.926. The van der Waals surface area contributed by atoms with Crippen LogP contribution in [-0.4, -0.2) is 13.2 Å². The fourth-order valence-corrected chi connectivity index (χ4v) is 2.96. The summed E-state index contributed by atoms with van der Waals surface area (Å²) in [4.78, 5) is 0. The molecule has 0 saturated carbocycles. The van der Waals surface area contributed by atoms with Gasteiger partial charge in [0.2, 0.25) is 0 Å². The van der Waals surface area contributed by atoms with E-state index in [2.05, 4.69) is 59.4 Å². The second kappa shape index (κ2) is 6.80. The predicted molar refractivity (Wildman–Crippen MR) is 88.7 cm³/mol. The highest BCUT2D eigenvalue weighted by Crippen LogP contribution is 2.22. The van der Waals surface area contributed by atoms with Gasteiger partial charge in [0.15, 0.2) is 0 Å². The van der Waals surface area contributed by atoms with Gasteiger partial charge in [-0.25, -0.2) is 0 Å². The number of ether oxygens (including phenoxy) is 1. The Morgan fingerprint density at radius 1 is 1.20 bits per heavy atom. The van der Waals surface area contributed by atoms with Crippen molar-refractivity contribution in [2.24, 2.45) is 0 Å². The standard InChI is InChI=1S/C17H20BrNO/c1-12-8-15(18)11-16(9-12)19-13(2)10-14-6-4-5-7-17(14)20-3/h4-9,11,13,19H,10H2,1-3H3. The van der Waals surface area contributed by atoms with Gasteiger partial charge in [0, 0.05) is 16.2 Å². The van der Waals surface area contributed by atoms with Crippen LogP contribution in [0.15, 0.2) is 46.9 Å². The average Bonchev–Trinajstić information content (AvgIpc) is 2.37. The van der Waals surface area contributed by atoms with Crippen molar-refractivity contribution >= 4 is 21.6 Å². The summed E-state index contributed by atoms with van der Waals surface area (Å²) in [6.45, 7) is 4.28. The van der Waals surface area contributed by atoms with E-state index in [0.29, 0.717) is 6.04 Å². The third-order valence-corrected chi connectivity index (χ3v) is 3.63. The number of methoxy groups -OCH3 is 1. The first-order chi connectivity index (χ1) is 9.58. The summed E-state index contributed by atoms with van der Waals surface area (Å²) in [5, 5.41) is 3.54. The van der Waals surface area contributed by atoms with Crippen LogP contribution in [0.25, 0.3) is 0 Å². The maximum atomic E-state index is 5.40. The SMILES string of the molecule is COc1ccccc1CC(C)Nc1cc(C)cc(Br)c1. The fraction of sp³-hybridized carbons (Fsp3) is 0.294. The lowest BCUT2D eigenvalue weighted by molar-refractivity contribution is 0.409. The van der Waals surface area contributed by atoms with E-state index in [9.17, 15) is 0 Å². The highest BCUT2D eigenvalue weighted by molar-refractivity contribution is 9.10. The number of aryl methyl sites for hydroxylation is 1. The molecule has 0 spiro atoms. The summed E-state index contributed by atoms with van der Waals surface area (Å²) < 4.78 is 6.50. The van der Waals surface area contributed by atoms with Gasteiger partial charge in [-0.05, 0) is 55.7 Å². The molecule has 0 aromatic heterocycles. The lowest BCUT2D eigenvalue weighted by Gasteiger charge is -2.17. The monoisotopic (exact) mass is 333 g/mol. The van der Waals surface area contributed by atoms with Gasteiger partial charge in [-0.3, -0.25) is 0 Å². The van der Waals surface area contributed by atoms with Crippen molar-refractivity contribution in [2.45, 2.75) is 26.3 Å². The normalized spacial score (nSPS) is 12.0. The van der Waals surface area contributed by atoms with Crippen LogP contribution in [0, 0.1) is 6.92 Å². The maximum absolute atomic E-state index is 5.40. The van der Waals surface area contributed by atoms with Crippen molar-refractivity contribution in [1.82, 2.24) is 0 Å². The minimum absolute atomic E-state index is 0.333. The van der Waals surface area contributed by atoms with Gasteiger partial charge in [0.05, 0.1) is 7.11 Å². The second-order valence-corrected chi connectivity index (χ2v) is 5.99. The molecule has 1 N–H and O–H groups in total. The smallest absolute Gasteiger partial charge is 0.122 e. The highest BCUT2D eigenvalue weighted by atomic mass is 79.9. The van der Waals surface area contributed by atoms with Gasteiger partial charge in [-0.2, -0.15) is 0 Å². The predicted octanol–water partition coefficient (Wildman–Crippen LogP) is 4.81. The molecular weight excluding hydrogens is 314 g/mol. The molecule has 2 aromatic carbocycles. The lowest BCUT2D eigenvalue weighted by Crippen LogP contribution is -2.18. The number of halogens is 1. The fourth-order valence-electron chi connectivity index (χ4n) is 2.36. The molecule has 0 bridgehead atoms. The Bertz CT molecular complexity index is 563. The van der Waals surface area contributed by atoms with E-state index < -0.39 is 0 Å². The Kier molecular flexibility index (Phi) is 5.07. The highest BCUT2D eigenvalue weighted by Gasteiger charge is 2.08. The van der Waals surface area contributed by atoms with Crippen LogP contribution in [0.3, 0.4) is 0 Å². The number of hydrogen-bond donors (Lipinski definition) is 1. The van der Waals surface area contributed by atoms with Gasteiger partial charge in [-0.1, -0.05) is 34.1 Å². The Morgan fingerprint density at radius 3 is 2.65 bits per heavy atom. The Morgan fingerprint density at radius 2 is 1.95 bits per heavy atom. The van der Waals surface area contributed by atoms with E-state index in [1.165, 1.54) is 11.1 Å². The number of rotatable bonds is 5. The van der Waals surface area contributed by atoms with E-state index in [-0.39, 0.29) is 0 Å². The first-order valence-electron chi connectivity index (χ1n) is 6.74. The third-order valence-electron chi connectivity index (χ3n) is 3.17. The summed E-state index contributed by atoms with van der Waals surface area (Å²) in [6, 6.07) is 14.9. The molecule has 2 rings (SSSR count). The molecule has 0 radical (unpaired) electrons. The average molecular weight is 334 g/mol. The van der Waals surface area contributed by atoms with E-state index in [0.717, 1.165) is 22.3 Å². The quantitative estimate of drug-likeness (QED) is 0.847. The largest absolute Gasteiger partial charge is 0.496 e. The summed E-state index contributed by atoms with van der Waals surface area (Å²) in [7, 11) is 1.72. The zero-order valence-electron chi connectivity index (χ0n) is 12.1. The van der Waals surface area contributed by atoms with E-state index >= 15 is 0 Å². The van der Waals surface area contributed by atoms with Crippen molar-refractivity contribution in [2.75, 3.05) is 12.4 Å². The molecule has 106 valence electrons. The third kappa shape index (κ3) is 4.01. The van der Waals surface area contributed by atoms with Crippen molar-refractivity contribution in [3.8, 4) is 5.75 Å². The number of nitrogens with one attached hydrogen (secondary N) is 1. The van der Waals surface area contributed by atoms with Gasteiger partial charge < -0.3 is 10.1 Å². The Hall–Kier alpha value is -1.48. The van der Waals surface area contributed by atoms with E-state index in [1.807, 2.05) is 18.2 Å². The zero-order valence-corrected chi connectivity index (χ0v) is 13.7. The van der Waals surface area contributed by atoms with Crippen LogP contribution in [0.1, 0.15) is 18.1 Å². The molecule has 1 atom stereocenters. The second-order valence-electron chi connectivity index (χ2n) is 5.08. The Labute approximate surface area is 129 Å². The molecule has 0 amide bonds. The van der Waals surface area contributed by atoms with Crippen molar-refractivity contribution in [3.05, 3.63) is 58.1 Å². The summed E-state index contributed by atoms with van der Waals surface area (Å²) in [5.74, 6) is 0.951. The molecule has 2 aromatic rings. The summed E-state index contributed by atoms with van der Waals surface area (Å²) >= 11 is 3.53. The molecule has 0 saturated heterocycles. The van der Waals surface area contributed by atoms with Gasteiger partial charge in [-0.15, -0.1) is 0 Å². The molecule has 0 aliphatic carbocycles. The molecule has 0 aliphatic heterocycles. The molecule has 0 aliphatic rings. The molecule has 3 heteroatoms. The molecule has 0 heterocycles. The molecule has 2 nitrogen and oxygen atoms in total. The van der Waals surface area contributed by atoms with Gasteiger partial charge >= 0.3 is 0 Å². The van der Waals surface area contributed by atoms with Crippen molar-refractivity contribution < 1.29 is 4.74 Å². The Balaban J connectivity index is 2.07. The lowest BCUT2D eigenvalue weighted by atomic mass is 10.1. The number of para-hydroxylation sites is 1. The molecule has 1 unspecified atom stereocenters. The first-order valence-corrected chi connectivity index (χ1v) is 7.53. The minimum atomic E-state index is 0.333. The molecule has 20 heavy (non-hydrogen) atoms. The zero-order chi connectivity index (χ0) is 14.5. The van der Waals surface area contributed by atoms with Crippen molar-refractivity contribution in [1.29, 1.82) is 0 Å².